The Morgan fingerprint density at radius 1 is 0.838 bits per heavy atom. The molecule has 37 heavy (non-hydrogen) atoms. The van der Waals surface area contributed by atoms with Crippen molar-refractivity contribution >= 4 is 27.3 Å². The summed E-state index contributed by atoms with van der Waals surface area (Å²) < 4.78 is 65.6. The van der Waals surface area contributed by atoms with Crippen LogP contribution in [0.25, 0.3) is 0 Å². The van der Waals surface area contributed by atoms with E-state index in [0.29, 0.717) is 31.9 Å². The SMILES string of the molecule is COc1ccc(S(=O)(=O)N(CC(=O)N2CCN(c3ccc(F)cc3)CC2)c2ccc(F)cc2)cc1OC. The lowest BCUT2D eigenvalue weighted by molar-refractivity contribution is -0.129. The van der Waals surface area contributed by atoms with E-state index in [1.807, 2.05) is 4.90 Å². The minimum Gasteiger partial charge on any atom is -0.493 e. The molecule has 4 rings (SSSR count). The monoisotopic (exact) mass is 531 g/mol. The van der Waals surface area contributed by atoms with Crippen molar-refractivity contribution in [3.63, 3.8) is 0 Å². The number of methoxy groups -OCH3 is 2. The van der Waals surface area contributed by atoms with Gasteiger partial charge in [-0.2, -0.15) is 0 Å². The number of anilines is 2. The van der Waals surface area contributed by atoms with Gasteiger partial charge in [0.2, 0.25) is 5.91 Å². The maximum atomic E-state index is 13.7. The average molecular weight is 532 g/mol. The molecular weight excluding hydrogens is 504 g/mol. The fraction of sp³-hybridized carbons (Fsp3) is 0.269. The van der Waals surface area contributed by atoms with E-state index < -0.39 is 28.3 Å². The van der Waals surface area contributed by atoms with Gasteiger partial charge in [-0.05, 0) is 60.7 Å². The number of ether oxygens (including phenoxy) is 2. The Morgan fingerprint density at radius 3 is 1.97 bits per heavy atom. The first-order chi connectivity index (χ1) is 17.7. The van der Waals surface area contributed by atoms with Crippen LogP contribution in [0.3, 0.4) is 0 Å². The van der Waals surface area contributed by atoms with Gasteiger partial charge in [0, 0.05) is 37.9 Å². The van der Waals surface area contributed by atoms with Crippen LogP contribution in [0.2, 0.25) is 0 Å². The highest BCUT2D eigenvalue weighted by molar-refractivity contribution is 7.92. The van der Waals surface area contributed by atoms with E-state index in [-0.39, 0.29) is 22.1 Å². The zero-order chi connectivity index (χ0) is 26.6. The first-order valence-corrected chi connectivity index (χ1v) is 13.0. The fourth-order valence-corrected chi connectivity index (χ4v) is 5.55. The van der Waals surface area contributed by atoms with Crippen molar-refractivity contribution in [3.05, 3.63) is 78.4 Å². The minimum absolute atomic E-state index is 0.108. The highest BCUT2D eigenvalue weighted by Crippen LogP contribution is 2.32. The largest absolute Gasteiger partial charge is 0.493 e. The van der Waals surface area contributed by atoms with Crippen LogP contribution in [0.1, 0.15) is 0 Å². The molecule has 0 radical (unpaired) electrons. The van der Waals surface area contributed by atoms with Gasteiger partial charge >= 0.3 is 0 Å². The third-order valence-electron chi connectivity index (χ3n) is 6.16. The van der Waals surface area contributed by atoms with Crippen LogP contribution in [0, 0.1) is 11.6 Å². The lowest BCUT2D eigenvalue weighted by Gasteiger charge is -2.37. The zero-order valence-corrected chi connectivity index (χ0v) is 21.2. The summed E-state index contributed by atoms with van der Waals surface area (Å²) in [5.41, 5.74) is 0.993. The summed E-state index contributed by atoms with van der Waals surface area (Å²) in [6.45, 7) is 1.28. The molecule has 1 fully saturated rings. The number of hydrogen-bond acceptors (Lipinski definition) is 6. The molecule has 1 heterocycles. The van der Waals surface area contributed by atoms with E-state index in [9.17, 15) is 22.0 Å². The van der Waals surface area contributed by atoms with Crippen LogP contribution in [-0.2, 0) is 14.8 Å². The first kappa shape index (κ1) is 26.2. The van der Waals surface area contributed by atoms with Crippen molar-refractivity contribution in [2.45, 2.75) is 4.90 Å². The normalized spacial score (nSPS) is 13.8. The van der Waals surface area contributed by atoms with Crippen LogP contribution in [-0.4, -0.2) is 66.2 Å². The topological polar surface area (TPSA) is 79.4 Å². The van der Waals surface area contributed by atoms with Crippen LogP contribution >= 0.6 is 0 Å². The van der Waals surface area contributed by atoms with Gasteiger partial charge in [-0.25, -0.2) is 17.2 Å². The number of carbonyl (C=O) groups excluding carboxylic acids is 1. The number of nitrogens with zero attached hydrogens (tertiary/aromatic N) is 3. The van der Waals surface area contributed by atoms with Gasteiger partial charge in [0.1, 0.15) is 18.2 Å². The second-order valence-electron chi connectivity index (χ2n) is 8.35. The summed E-state index contributed by atoms with van der Waals surface area (Å²) in [4.78, 5) is 16.8. The lowest BCUT2D eigenvalue weighted by Crippen LogP contribution is -2.52. The predicted molar refractivity (Wildman–Crippen MR) is 136 cm³/mol. The fourth-order valence-electron chi connectivity index (χ4n) is 4.12. The smallest absolute Gasteiger partial charge is 0.264 e. The van der Waals surface area contributed by atoms with Crippen molar-refractivity contribution < 1.29 is 31.5 Å². The van der Waals surface area contributed by atoms with Crippen molar-refractivity contribution in [1.29, 1.82) is 0 Å². The lowest BCUT2D eigenvalue weighted by atomic mass is 10.2. The maximum absolute atomic E-state index is 13.7. The Morgan fingerprint density at radius 2 is 1.41 bits per heavy atom. The number of amides is 1. The maximum Gasteiger partial charge on any atom is 0.264 e. The van der Waals surface area contributed by atoms with Gasteiger partial charge in [-0.1, -0.05) is 0 Å². The molecule has 0 aliphatic carbocycles. The van der Waals surface area contributed by atoms with Crippen LogP contribution < -0.4 is 18.7 Å². The van der Waals surface area contributed by atoms with E-state index in [1.54, 1.807) is 17.0 Å². The molecule has 0 spiro atoms. The molecule has 1 saturated heterocycles. The molecular formula is C26H27F2N3O5S. The summed E-state index contributed by atoms with van der Waals surface area (Å²) in [7, 11) is -1.41. The first-order valence-electron chi connectivity index (χ1n) is 11.5. The molecule has 3 aromatic carbocycles. The number of hydrogen-bond donors (Lipinski definition) is 0. The number of benzene rings is 3. The summed E-state index contributed by atoms with van der Waals surface area (Å²) in [5, 5.41) is 0. The van der Waals surface area contributed by atoms with Crippen LogP contribution in [0.5, 0.6) is 11.5 Å². The molecule has 0 atom stereocenters. The number of halogens is 2. The number of piperazine rings is 1. The second kappa shape index (κ2) is 11.0. The van der Waals surface area contributed by atoms with Gasteiger partial charge in [-0.15, -0.1) is 0 Å². The van der Waals surface area contributed by atoms with Crippen LogP contribution in [0.15, 0.2) is 71.6 Å². The molecule has 0 aromatic heterocycles. The molecule has 8 nitrogen and oxygen atoms in total. The van der Waals surface area contributed by atoms with Crippen molar-refractivity contribution in [2.75, 3.05) is 56.1 Å². The zero-order valence-electron chi connectivity index (χ0n) is 20.4. The third kappa shape index (κ3) is 5.77. The number of carbonyl (C=O) groups is 1. The van der Waals surface area contributed by atoms with E-state index in [4.69, 9.17) is 9.47 Å². The van der Waals surface area contributed by atoms with E-state index >= 15 is 0 Å². The summed E-state index contributed by atoms with van der Waals surface area (Å²) in [5.74, 6) is -0.688. The Bertz CT molecular complexity index is 1340. The summed E-state index contributed by atoms with van der Waals surface area (Å²) >= 11 is 0. The Kier molecular flexibility index (Phi) is 7.82. The quantitative estimate of drug-likeness (QED) is 0.443. The van der Waals surface area contributed by atoms with E-state index in [1.165, 1.54) is 56.7 Å². The summed E-state index contributed by atoms with van der Waals surface area (Å²) in [6, 6.07) is 15.2. The van der Waals surface area contributed by atoms with Gasteiger partial charge in [0.15, 0.2) is 11.5 Å². The molecule has 1 amide bonds. The molecule has 0 bridgehead atoms. The second-order valence-corrected chi connectivity index (χ2v) is 10.2. The molecule has 0 saturated carbocycles. The molecule has 1 aliphatic rings. The van der Waals surface area contributed by atoms with Gasteiger partial charge in [-0.3, -0.25) is 9.10 Å². The molecule has 11 heteroatoms. The number of sulfonamides is 1. The average Bonchev–Trinajstić information content (AvgIpc) is 2.92. The number of rotatable bonds is 8. The van der Waals surface area contributed by atoms with Gasteiger partial charge in [0.05, 0.1) is 24.8 Å². The van der Waals surface area contributed by atoms with Gasteiger partial charge in [0.25, 0.3) is 10.0 Å². The standard InChI is InChI=1S/C26H27F2N3O5S/c1-35-24-12-11-23(17-25(24)36-2)37(33,34)31(22-9-5-20(28)6-10-22)18-26(32)30-15-13-29(14-16-30)21-7-3-19(27)4-8-21/h3-12,17H,13-16,18H2,1-2H3. The summed E-state index contributed by atoms with van der Waals surface area (Å²) in [6.07, 6.45) is 0. The van der Waals surface area contributed by atoms with Crippen molar-refractivity contribution in [3.8, 4) is 11.5 Å². The Labute approximate surface area is 214 Å². The van der Waals surface area contributed by atoms with Crippen molar-refractivity contribution in [2.24, 2.45) is 0 Å². The minimum atomic E-state index is -4.23. The molecule has 196 valence electrons. The highest BCUT2D eigenvalue weighted by Gasteiger charge is 2.31. The van der Waals surface area contributed by atoms with Crippen LogP contribution in [0.4, 0.5) is 20.2 Å². The van der Waals surface area contributed by atoms with E-state index in [0.717, 1.165) is 22.1 Å². The van der Waals surface area contributed by atoms with E-state index in [2.05, 4.69) is 0 Å². The Hall–Kier alpha value is -3.86. The molecule has 1 aliphatic heterocycles. The predicted octanol–water partition coefficient (Wildman–Crippen LogP) is 3.53. The highest BCUT2D eigenvalue weighted by atomic mass is 32.2. The molecule has 0 N–H and O–H groups in total. The molecule has 3 aromatic rings. The van der Waals surface area contributed by atoms with Gasteiger partial charge < -0.3 is 19.3 Å². The Balaban J connectivity index is 1.56. The third-order valence-corrected chi connectivity index (χ3v) is 7.93. The van der Waals surface area contributed by atoms with Crippen molar-refractivity contribution in [1.82, 2.24) is 4.90 Å². The molecule has 0 unspecified atom stereocenters.